The molecule has 0 amide bonds. The SMILES string of the molecule is C.C.C.C=S(C)(=O)CCC(C)C.CC.CC(C)CN1CC(CO)C1.CC(C)CN1CCC(N)CC1.CC(C)CNCl.CC(C)COCCN.CC(C)N1CCC(C(=O)O)CC1.CC(C)c1ccc(C(=O)O)s1.CC(C)c1ccncc1.CCCc1cn(CC(C)C)nn1.CCN=[N+]=[N-].CCc1cn(CC(C)C)nn1.CN1CCC(C(=O)O)CC1.Cc1cn(CC(C)C)nn1. The van der Waals surface area contributed by atoms with E-state index in [0.717, 1.165) is 163 Å². The summed E-state index contributed by atoms with van der Waals surface area (Å²) < 4.78 is 21.8. The van der Waals surface area contributed by atoms with Gasteiger partial charge in [0.05, 0.1) is 35.5 Å². The zero-order valence-corrected chi connectivity index (χ0v) is 86.9. The summed E-state index contributed by atoms with van der Waals surface area (Å²) >= 11 is 6.50. The molecule has 4 aliphatic rings. The normalized spacial score (nSPS) is 14.4. The number of aliphatic hydroxyl groups is 1. The summed E-state index contributed by atoms with van der Waals surface area (Å²) in [5.41, 5.74) is 23.0. The third-order valence-electron chi connectivity index (χ3n) is 18.5. The Hall–Kier alpha value is -6.06. The zero-order valence-electron chi connectivity index (χ0n) is 84.6. The van der Waals surface area contributed by atoms with Crippen LogP contribution in [0.2, 0.25) is 0 Å². The van der Waals surface area contributed by atoms with E-state index in [4.69, 9.17) is 53.9 Å². The van der Waals surface area contributed by atoms with Gasteiger partial charge in [-0.25, -0.2) is 9.63 Å². The molecular formula is C97H197ClN20O9S2. The van der Waals surface area contributed by atoms with Gasteiger partial charge in [0.15, 0.2) is 0 Å². The monoisotopic (exact) mass is 1890 g/mol. The number of carboxylic acids is 3. The smallest absolute Gasteiger partial charge is 0.345 e. The molecule has 129 heavy (non-hydrogen) atoms. The van der Waals surface area contributed by atoms with Crippen LogP contribution in [-0.4, -0.2) is 254 Å². The molecule has 29 nitrogen and oxygen atoms in total. The number of nitrogens with zero attached hydrogens (tertiary/aromatic N) is 17. The number of aryl methyl sites for hydroxylation is 3. The molecule has 9 rings (SSSR count). The van der Waals surface area contributed by atoms with Gasteiger partial charge in [-0.15, -0.1) is 26.6 Å². The topological polar surface area (TPSA) is 389 Å². The molecule has 758 valence electrons. The summed E-state index contributed by atoms with van der Waals surface area (Å²) in [5, 5.41) is 61.7. The maximum absolute atomic E-state index is 11.0. The van der Waals surface area contributed by atoms with Gasteiger partial charge in [0.1, 0.15) is 4.88 Å². The van der Waals surface area contributed by atoms with Crippen LogP contribution in [0.15, 0.2) is 60.4 Å². The Balaban J connectivity index is -0.000000205. The molecule has 4 aliphatic heterocycles. The summed E-state index contributed by atoms with van der Waals surface area (Å²) in [6.45, 7) is 77.2. The molecule has 9 heterocycles. The van der Waals surface area contributed by atoms with E-state index in [0.29, 0.717) is 96.5 Å². The van der Waals surface area contributed by atoms with Crippen molar-refractivity contribution in [2.75, 3.05) is 124 Å². The van der Waals surface area contributed by atoms with Gasteiger partial charge in [0, 0.05) is 149 Å². The Morgan fingerprint density at radius 1 is 0.636 bits per heavy atom. The molecule has 32 heteroatoms. The number of piperidine rings is 3. The molecule has 4 fully saturated rings. The van der Waals surface area contributed by atoms with Gasteiger partial charge in [0.25, 0.3) is 0 Å². The summed E-state index contributed by atoms with van der Waals surface area (Å²) in [6, 6.07) is 8.65. The van der Waals surface area contributed by atoms with Crippen LogP contribution in [-0.2, 0) is 56.3 Å². The summed E-state index contributed by atoms with van der Waals surface area (Å²) in [6.07, 6.45) is 21.2. The number of likely N-dealkylation sites (tertiary alicyclic amines) is 4. The van der Waals surface area contributed by atoms with Crippen LogP contribution < -0.4 is 16.3 Å². The standard InChI is InChI=1S/C9H17N3.C9H20N2.C9H17NO2.C8H15N3.C8H17NO.C8H11N.C8H10O2S.C7H13N3.C7H13NO2.C7H16OS.C6H15NO.C4H10ClN.C2H5N3.C2H6.3CH4/c1-4-5-9-7-12(11-10-9)6-8(2)3;1-8(2)7-11-5-3-9(10)4-6-11;1-7(2)10-5-3-8(4-6-10)9(11)12;1-4-8-6-11(10-9-8)5-7(2)3;1-7(2)3-9-4-8(5-9)6-10;1-7(2)8-3-5-9-6-4-8;1-5(2)6-3-4-7(11-6)8(9)10;1-6(2)4-10-5-7(3)8-9-10;1-8-4-2-6(3-5-8)7(9)10;1-7(2)5-6-9(3,4)8;1-6(2)5-8-4-3-7;1-4(2)3-6-5;1-2-4-5-3;1-2;;;/h7-8H,4-6H2,1-3H3;8-9H,3-7,10H2,1-2H3;7-8H,3-6H2,1-2H3,(H,11,12);6-7H,4-5H2,1-3H3;7-8,10H,3-6H2,1-2H3;3-7H,1-2H3;3-5H,1-2H3,(H,9,10);5-6H,4H2,1-3H3;6H,2-5H2,1H3,(H,9,10);7H,3,5-6H2,1-2,4H3;6H,3-5,7H2,1-2H3;4,6H,3H2,1-2H3;2H2,1H3;1-2H3;3*1H4. The number of aromatic nitrogens is 10. The van der Waals surface area contributed by atoms with Crippen LogP contribution in [0.5, 0.6) is 0 Å². The second kappa shape index (κ2) is 86.1. The maximum Gasteiger partial charge on any atom is 0.345 e. The van der Waals surface area contributed by atoms with Gasteiger partial charge in [-0.2, -0.15) is 0 Å². The number of aromatic carboxylic acids is 1. The van der Waals surface area contributed by atoms with Crippen molar-refractivity contribution < 1.29 is 43.8 Å². The third-order valence-corrected chi connectivity index (χ3v) is 21.1. The Kier molecular flexibility index (Phi) is 92.3. The van der Waals surface area contributed by atoms with E-state index in [1.165, 1.54) is 55.9 Å². The van der Waals surface area contributed by atoms with Crippen LogP contribution in [0, 0.1) is 72.0 Å². The predicted molar refractivity (Wildman–Crippen MR) is 552 cm³/mol. The molecule has 1 atom stereocenters. The highest BCUT2D eigenvalue weighted by Gasteiger charge is 2.27. The number of azide groups is 1. The number of carboxylic acid groups (broad SMARTS) is 3. The van der Waals surface area contributed by atoms with Gasteiger partial charge >= 0.3 is 17.9 Å². The molecule has 0 bridgehead atoms. The van der Waals surface area contributed by atoms with E-state index in [9.17, 15) is 18.6 Å². The van der Waals surface area contributed by atoms with Crippen molar-refractivity contribution >= 4 is 56.4 Å². The molecule has 0 aliphatic carbocycles. The molecule has 0 spiro atoms. The van der Waals surface area contributed by atoms with Crippen LogP contribution >= 0.6 is 23.1 Å². The molecule has 5 aromatic heterocycles. The quantitative estimate of drug-likeness (QED) is 0.00560. The number of nitrogens with two attached hydrogens (primary N) is 2. The first-order chi connectivity index (χ1) is 59.1. The number of halogens is 1. The molecule has 9 N–H and O–H groups in total. The molecule has 0 aromatic carbocycles. The molecule has 5 aromatic rings. The Labute approximate surface area is 797 Å². The third kappa shape index (κ3) is 85.9. The fourth-order valence-electron chi connectivity index (χ4n) is 11.7. The number of pyridine rings is 1. The fraction of sp³-hybridized carbons (Fsp3) is 0.804. The Bertz CT molecular complexity index is 3480. The van der Waals surface area contributed by atoms with Crippen molar-refractivity contribution in [3.05, 3.63) is 98.1 Å². The largest absolute Gasteiger partial charge is 0.481 e. The molecule has 0 saturated carbocycles. The first kappa shape index (κ1) is 138. The van der Waals surface area contributed by atoms with Gasteiger partial charge in [-0.05, 0) is 247 Å². The van der Waals surface area contributed by atoms with E-state index in [2.05, 4.69) is 242 Å². The number of nitrogens with one attached hydrogen (secondary N) is 1. The summed E-state index contributed by atoms with van der Waals surface area (Å²) in [4.78, 5) is 51.4. The van der Waals surface area contributed by atoms with E-state index < -0.39 is 27.4 Å². The first-order valence-corrected chi connectivity index (χ1v) is 50.1. The van der Waals surface area contributed by atoms with Crippen molar-refractivity contribution in [3.8, 4) is 0 Å². The van der Waals surface area contributed by atoms with Crippen LogP contribution in [0.3, 0.4) is 0 Å². The lowest BCUT2D eigenvalue weighted by Crippen LogP contribution is -2.49. The molecule has 1 unspecified atom stereocenters. The van der Waals surface area contributed by atoms with Gasteiger partial charge in [0.2, 0.25) is 0 Å². The van der Waals surface area contributed by atoms with Crippen molar-refractivity contribution in [2.45, 2.75) is 324 Å². The van der Waals surface area contributed by atoms with E-state index in [1.54, 1.807) is 19.2 Å². The lowest BCUT2D eigenvalue weighted by molar-refractivity contribution is -0.144. The highest BCUT2D eigenvalue weighted by atomic mass is 35.5. The summed E-state index contributed by atoms with van der Waals surface area (Å²) in [5.74, 6) is 9.08. The number of hydrogen-bond acceptors (Lipinski definition) is 22. The van der Waals surface area contributed by atoms with E-state index in [1.807, 2.05) is 91.0 Å². The minimum Gasteiger partial charge on any atom is -0.481 e. The molecular weight excluding hydrogens is 1690 g/mol. The number of aliphatic hydroxyl groups excluding tert-OH is 1. The fourth-order valence-corrected chi connectivity index (χ4v) is 13.8. The number of ether oxygens (including phenoxy) is 1. The van der Waals surface area contributed by atoms with Crippen LogP contribution in [0.25, 0.3) is 10.4 Å². The first-order valence-electron chi connectivity index (χ1n) is 46.6. The average molecular weight is 1890 g/mol. The van der Waals surface area contributed by atoms with Crippen molar-refractivity contribution in [1.29, 1.82) is 0 Å². The van der Waals surface area contributed by atoms with Crippen LogP contribution in [0.1, 0.15) is 310 Å². The minimum atomic E-state index is -1.72. The number of hydrogen-bond donors (Lipinski definition) is 7. The summed E-state index contributed by atoms with van der Waals surface area (Å²) in [7, 11) is 0.307. The number of rotatable bonds is 30. The highest BCUT2D eigenvalue weighted by Crippen LogP contribution is 2.25. The number of carbonyl (C=O) groups is 3. The lowest BCUT2D eigenvalue weighted by Gasteiger charge is -2.39. The Morgan fingerprint density at radius 2 is 1.09 bits per heavy atom. The van der Waals surface area contributed by atoms with E-state index >= 15 is 0 Å². The van der Waals surface area contributed by atoms with Gasteiger partial charge in [-0.3, -0.25) is 32.8 Å². The second-order valence-electron chi connectivity index (χ2n) is 36.8. The number of thiophene rings is 1. The van der Waals surface area contributed by atoms with Crippen LogP contribution in [0.4, 0.5) is 0 Å². The van der Waals surface area contributed by atoms with E-state index in [-0.39, 0.29) is 34.1 Å². The Morgan fingerprint density at radius 3 is 1.38 bits per heavy atom. The number of aliphatic carboxylic acids is 2. The highest BCUT2D eigenvalue weighted by molar-refractivity contribution is 7.99. The molecule has 0 radical (unpaired) electrons. The predicted octanol–water partition coefficient (Wildman–Crippen LogP) is 20.3. The van der Waals surface area contributed by atoms with Crippen molar-refractivity contribution in [2.24, 2.45) is 81.7 Å². The minimum absolute atomic E-state index is 0. The maximum atomic E-state index is 11.0. The molecule has 4 saturated heterocycles. The van der Waals surface area contributed by atoms with Crippen molar-refractivity contribution in [3.63, 3.8) is 0 Å². The second-order valence-corrected chi connectivity index (χ2v) is 40.9. The lowest BCUT2D eigenvalue weighted by atomic mass is 9.96. The average Bonchev–Trinajstić information content (AvgIpc) is 0.891. The van der Waals surface area contributed by atoms with Crippen molar-refractivity contribution in [1.82, 2.24) is 74.4 Å². The van der Waals surface area contributed by atoms with Gasteiger partial charge < -0.3 is 56.2 Å². The zero-order chi connectivity index (χ0) is 97.5. The van der Waals surface area contributed by atoms with Gasteiger partial charge in [-0.1, -0.05) is 223 Å².